The number of nitrogen functional groups attached to an aromatic ring is 1. The molecule has 0 amide bonds. The van der Waals surface area contributed by atoms with Crippen molar-refractivity contribution in [1.29, 1.82) is 0 Å². The molecule has 0 aromatic heterocycles. The minimum atomic E-state index is 0.0593. The first-order valence-corrected chi connectivity index (χ1v) is 6.08. The van der Waals surface area contributed by atoms with Gasteiger partial charge in [0, 0.05) is 22.7 Å². The largest absolute Gasteiger partial charge is 0.398 e. The van der Waals surface area contributed by atoms with Gasteiger partial charge in [-0.05, 0) is 36.2 Å². The van der Waals surface area contributed by atoms with Gasteiger partial charge in [-0.25, -0.2) is 0 Å². The summed E-state index contributed by atoms with van der Waals surface area (Å²) in [6.07, 6.45) is 0.361. The standard InChI is InChI=1S/C15H14ClNO/c1-10-2-5-12(9-14(10)17)15(18)8-11-3-6-13(16)7-4-11/h2-7,9H,8,17H2,1H3. The summed E-state index contributed by atoms with van der Waals surface area (Å²) in [5.74, 6) is 0.0593. The molecule has 0 unspecified atom stereocenters. The summed E-state index contributed by atoms with van der Waals surface area (Å²) >= 11 is 5.80. The Morgan fingerprint density at radius 2 is 1.83 bits per heavy atom. The van der Waals surface area contributed by atoms with E-state index in [2.05, 4.69) is 0 Å². The van der Waals surface area contributed by atoms with Gasteiger partial charge in [0.15, 0.2) is 5.78 Å². The molecule has 0 aliphatic rings. The van der Waals surface area contributed by atoms with E-state index in [0.717, 1.165) is 11.1 Å². The number of halogens is 1. The molecule has 0 bridgehead atoms. The maximum atomic E-state index is 12.1. The van der Waals surface area contributed by atoms with Crippen LogP contribution in [-0.4, -0.2) is 5.78 Å². The van der Waals surface area contributed by atoms with Crippen LogP contribution in [0, 0.1) is 6.92 Å². The highest BCUT2D eigenvalue weighted by Gasteiger charge is 2.08. The molecule has 2 aromatic carbocycles. The number of benzene rings is 2. The summed E-state index contributed by atoms with van der Waals surface area (Å²) in [6.45, 7) is 1.92. The van der Waals surface area contributed by atoms with Gasteiger partial charge in [0.25, 0.3) is 0 Å². The first-order chi connectivity index (χ1) is 8.56. The lowest BCUT2D eigenvalue weighted by molar-refractivity contribution is 0.0993. The van der Waals surface area contributed by atoms with Gasteiger partial charge < -0.3 is 5.73 Å². The van der Waals surface area contributed by atoms with Gasteiger partial charge in [-0.15, -0.1) is 0 Å². The number of hydrogen-bond donors (Lipinski definition) is 1. The van der Waals surface area contributed by atoms with E-state index in [4.69, 9.17) is 17.3 Å². The molecule has 0 saturated heterocycles. The van der Waals surface area contributed by atoms with Crippen molar-refractivity contribution in [3.8, 4) is 0 Å². The zero-order chi connectivity index (χ0) is 13.1. The summed E-state index contributed by atoms with van der Waals surface area (Å²) in [7, 11) is 0. The molecule has 0 fully saturated rings. The molecule has 2 N–H and O–H groups in total. The van der Waals surface area contributed by atoms with Crippen LogP contribution in [-0.2, 0) is 6.42 Å². The molecule has 0 heterocycles. The Hall–Kier alpha value is -1.80. The highest BCUT2D eigenvalue weighted by molar-refractivity contribution is 6.30. The SMILES string of the molecule is Cc1ccc(C(=O)Cc2ccc(Cl)cc2)cc1N. The molecule has 0 aliphatic carbocycles. The maximum Gasteiger partial charge on any atom is 0.167 e. The van der Waals surface area contributed by atoms with E-state index in [0.29, 0.717) is 22.7 Å². The van der Waals surface area contributed by atoms with Crippen molar-refractivity contribution < 1.29 is 4.79 Å². The summed E-state index contributed by atoms with van der Waals surface area (Å²) in [5, 5.41) is 0.672. The van der Waals surface area contributed by atoms with Gasteiger partial charge in [-0.1, -0.05) is 35.9 Å². The van der Waals surface area contributed by atoms with E-state index in [1.807, 2.05) is 31.2 Å². The number of ketones is 1. The summed E-state index contributed by atoms with van der Waals surface area (Å²) < 4.78 is 0. The Balaban J connectivity index is 2.16. The fourth-order valence-corrected chi connectivity index (χ4v) is 1.83. The van der Waals surface area contributed by atoms with Gasteiger partial charge in [0.2, 0.25) is 0 Å². The summed E-state index contributed by atoms with van der Waals surface area (Å²) in [6, 6.07) is 12.7. The minimum absolute atomic E-state index is 0.0593. The number of anilines is 1. The molecular formula is C15H14ClNO. The molecular weight excluding hydrogens is 246 g/mol. The maximum absolute atomic E-state index is 12.1. The molecule has 2 rings (SSSR count). The van der Waals surface area contributed by atoms with Crippen LogP contribution in [0.5, 0.6) is 0 Å². The topological polar surface area (TPSA) is 43.1 Å². The lowest BCUT2D eigenvalue weighted by atomic mass is 10.0. The third-order valence-electron chi connectivity index (χ3n) is 2.88. The number of carbonyl (C=O) groups is 1. The van der Waals surface area contributed by atoms with E-state index in [1.165, 1.54) is 0 Å². The van der Waals surface area contributed by atoms with E-state index in [1.54, 1.807) is 18.2 Å². The van der Waals surface area contributed by atoms with Crippen LogP contribution in [0.1, 0.15) is 21.5 Å². The van der Waals surface area contributed by atoms with Crippen molar-refractivity contribution in [2.45, 2.75) is 13.3 Å². The lowest BCUT2D eigenvalue weighted by Crippen LogP contribution is -2.04. The molecule has 0 radical (unpaired) electrons. The zero-order valence-corrected chi connectivity index (χ0v) is 10.9. The van der Waals surface area contributed by atoms with Gasteiger partial charge >= 0.3 is 0 Å². The van der Waals surface area contributed by atoms with Gasteiger partial charge in [-0.2, -0.15) is 0 Å². The Morgan fingerprint density at radius 1 is 1.17 bits per heavy atom. The molecule has 0 aliphatic heterocycles. The number of nitrogens with two attached hydrogens (primary N) is 1. The molecule has 3 heteroatoms. The second-order valence-corrected chi connectivity index (χ2v) is 4.73. The molecule has 0 saturated carbocycles. The van der Waals surface area contributed by atoms with Crippen LogP contribution in [0.25, 0.3) is 0 Å². The van der Waals surface area contributed by atoms with Gasteiger partial charge in [0.1, 0.15) is 0 Å². The molecule has 92 valence electrons. The van der Waals surface area contributed by atoms with Crippen LogP contribution < -0.4 is 5.73 Å². The fraction of sp³-hybridized carbons (Fsp3) is 0.133. The molecule has 0 atom stereocenters. The quantitative estimate of drug-likeness (QED) is 0.675. The van der Waals surface area contributed by atoms with Gasteiger partial charge in [-0.3, -0.25) is 4.79 Å². The average Bonchev–Trinajstić information content (AvgIpc) is 2.35. The third-order valence-corrected chi connectivity index (χ3v) is 3.13. The highest BCUT2D eigenvalue weighted by Crippen LogP contribution is 2.16. The van der Waals surface area contributed by atoms with Crippen molar-refractivity contribution >= 4 is 23.1 Å². The van der Waals surface area contributed by atoms with Crippen LogP contribution in [0.2, 0.25) is 5.02 Å². The zero-order valence-electron chi connectivity index (χ0n) is 10.1. The van der Waals surface area contributed by atoms with E-state index >= 15 is 0 Å². The van der Waals surface area contributed by atoms with Crippen molar-refractivity contribution in [3.63, 3.8) is 0 Å². The normalized spacial score (nSPS) is 10.3. The van der Waals surface area contributed by atoms with Crippen LogP contribution in [0.15, 0.2) is 42.5 Å². The van der Waals surface area contributed by atoms with Crippen molar-refractivity contribution in [1.82, 2.24) is 0 Å². The van der Waals surface area contributed by atoms with Crippen molar-refractivity contribution in [2.75, 3.05) is 5.73 Å². The first kappa shape index (κ1) is 12.7. The van der Waals surface area contributed by atoms with Crippen LogP contribution >= 0.6 is 11.6 Å². The Labute approximate surface area is 111 Å². The number of rotatable bonds is 3. The van der Waals surface area contributed by atoms with E-state index < -0.39 is 0 Å². The van der Waals surface area contributed by atoms with Crippen LogP contribution in [0.3, 0.4) is 0 Å². The Morgan fingerprint density at radius 3 is 2.44 bits per heavy atom. The Kier molecular flexibility index (Phi) is 3.68. The van der Waals surface area contributed by atoms with Crippen molar-refractivity contribution in [3.05, 3.63) is 64.2 Å². The number of hydrogen-bond acceptors (Lipinski definition) is 2. The number of aryl methyl sites for hydroxylation is 1. The summed E-state index contributed by atoms with van der Waals surface area (Å²) in [4.78, 5) is 12.1. The fourth-order valence-electron chi connectivity index (χ4n) is 1.70. The smallest absolute Gasteiger partial charge is 0.167 e. The van der Waals surface area contributed by atoms with Gasteiger partial charge in [0.05, 0.1) is 0 Å². The predicted octanol–water partition coefficient (Wildman–Crippen LogP) is 3.66. The lowest BCUT2D eigenvalue weighted by Gasteiger charge is -2.05. The number of carbonyl (C=O) groups excluding carboxylic acids is 1. The monoisotopic (exact) mass is 259 g/mol. The minimum Gasteiger partial charge on any atom is -0.398 e. The molecule has 2 aromatic rings. The first-order valence-electron chi connectivity index (χ1n) is 5.70. The Bertz CT molecular complexity index is 576. The number of Topliss-reactive ketones (excluding diaryl/α,β-unsaturated/α-hetero) is 1. The second kappa shape index (κ2) is 5.23. The summed E-state index contributed by atoms with van der Waals surface area (Å²) in [5.41, 5.74) is 9.03. The molecule has 2 nitrogen and oxygen atoms in total. The van der Waals surface area contributed by atoms with E-state index in [-0.39, 0.29) is 5.78 Å². The van der Waals surface area contributed by atoms with E-state index in [9.17, 15) is 4.79 Å². The molecule has 0 spiro atoms. The predicted molar refractivity (Wildman–Crippen MR) is 75.1 cm³/mol. The average molecular weight is 260 g/mol. The second-order valence-electron chi connectivity index (χ2n) is 4.30. The van der Waals surface area contributed by atoms with Crippen LogP contribution in [0.4, 0.5) is 5.69 Å². The van der Waals surface area contributed by atoms with Crippen molar-refractivity contribution in [2.24, 2.45) is 0 Å². The highest BCUT2D eigenvalue weighted by atomic mass is 35.5. The molecule has 18 heavy (non-hydrogen) atoms. The third kappa shape index (κ3) is 2.90.